The molecule has 2 N–H and O–H groups in total. The molecule has 15 heavy (non-hydrogen) atoms. The molecule has 0 radical (unpaired) electrons. The molecule has 1 saturated carbocycles. The van der Waals surface area contributed by atoms with Crippen molar-refractivity contribution < 1.29 is 9.50 Å². The molecule has 2 rings (SSSR count). The topological polar surface area (TPSA) is 32.3 Å². The van der Waals surface area contributed by atoms with Crippen molar-refractivity contribution in [3.63, 3.8) is 0 Å². The summed E-state index contributed by atoms with van der Waals surface area (Å²) < 4.78 is 13.4. The van der Waals surface area contributed by atoms with Gasteiger partial charge in [0, 0.05) is 0 Å². The minimum Gasteiger partial charge on any atom is -0.391 e. The lowest BCUT2D eigenvalue weighted by atomic mass is 10.1. The summed E-state index contributed by atoms with van der Waals surface area (Å²) in [6.45, 7) is 1.93. The molecule has 0 bridgehead atoms. The van der Waals surface area contributed by atoms with Crippen LogP contribution in [0.5, 0.6) is 0 Å². The van der Waals surface area contributed by atoms with Crippen molar-refractivity contribution in [1.82, 2.24) is 0 Å². The Labute approximate surface area is 89.1 Å². The van der Waals surface area contributed by atoms with Crippen LogP contribution in [0, 0.1) is 12.7 Å². The second-order valence-corrected chi connectivity index (χ2v) is 4.23. The molecular formula is C12H16FNO. The number of halogens is 1. The number of aliphatic hydroxyl groups is 1. The molecule has 0 amide bonds. The first-order valence-corrected chi connectivity index (χ1v) is 5.37. The molecule has 0 aliphatic heterocycles. The minimum atomic E-state index is -0.343. The number of benzene rings is 1. The van der Waals surface area contributed by atoms with Crippen LogP contribution in [0.15, 0.2) is 18.2 Å². The van der Waals surface area contributed by atoms with Crippen molar-refractivity contribution in [3.05, 3.63) is 29.6 Å². The first-order valence-electron chi connectivity index (χ1n) is 5.37. The van der Waals surface area contributed by atoms with E-state index in [9.17, 15) is 9.50 Å². The normalized spacial score (nSPS) is 25.5. The summed E-state index contributed by atoms with van der Waals surface area (Å²) in [5, 5.41) is 12.7. The number of nitrogens with one attached hydrogen (secondary N) is 1. The average Bonchev–Trinajstić information content (AvgIpc) is 2.58. The van der Waals surface area contributed by atoms with Gasteiger partial charge in [-0.3, -0.25) is 0 Å². The van der Waals surface area contributed by atoms with Crippen molar-refractivity contribution >= 4 is 5.69 Å². The van der Waals surface area contributed by atoms with Crippen molar-refractivity contribution in [2.45, 2.75) is 38.3 Å². The van der Waals surface area contributed by atoms with Gasteiger partial charge in [0.05, 0.1) is 17.8 Å². The molecule has 1 fully saturated rings. The Morgan fingerprint density at radius 1 is 1.40 bits per heavy atom. The van der Waals surface area contributed by atoms with E-state index in [1.807, 2.05) is 6.92 Å². The molecule has 1 aromatic carbocycles. The Bertz CT molecular complexity index is 353. The van der Waals surface area contributed by atoms with E-state index in [1.165, 1.54) is 6.07 Å². The van der Waals surface area contributed by atoms with Gasteiger partial charge in [-0.05, 0) is 43.9 Å². The SMILES string of the molecule is Cc1ccc(F)c(N[C@H]2CCC[C@@H]2O)c1. The highest BCUT2D eigenvalue weighted by Crippen LogP contribution is 2.24. The van der Waals surface area contributed by atoms with Crippen LogP contribution in [-0.2, 0) is 0 Å². The number of aliphatic hydroxyl groups excluding tert-OH is 1. The predicted molar refractivity (Wildman–Crippen MR) is 58.4 cm³/mol. The summed E-state index contributed by atoms with van der Waals surface area (Å²) in [6.07, 6.45) is 2.39. The van der Waals surface area contributed by atoms with Gasteiger partial charge < -0.3 is 10.4 Å². The quantitative estimate of drug-likeness (QED) is 0.784. The summed E-state index contributed by atoms with van der Waals surface area (Å²) >= 11 is 0. The highest BCUT2D eigenvalue weighted by Gasteiger charge is 2.25. The molecular weight excluding hydrogens is 193 g/mol. The molecule has 0 saturated heterocycles. The Balaban J connectivity index is 2.12. The zero-order chi connectivity index (χ0) is 10.8. The van der Waals surface area contributed by atoms with E-state index in [1.54, 1.807) is 12.1 Å². The maximum Gasteiger partial charge on any atom is 0.146 e. The Hall–Kier alpha value is -1.09. The summed E-state index contributed by atoms with van der Waals surface area (Å²) in [5.41, 5.74) is 1.52. The third-order valence-electron chi connectivity index (χ3n) is 2.94. The van der Waals surface area contributed by atoms with Crippen LogP contribution in [0.25, 0.3) is 0 Å². The molecule has 0 spiro atoms. The van der Waals surface area contributed by atoms with Crippen LogP contribution < -0.4 is 5.32 Å². The molecule has 1 aliphatic rings. The minimum absolute atomic E-state index is 0.00120. The zero-order valence-electron chi connectivity index (χ0n) is 8.83. The number of hydrogen-bond donors (Lipinski definition) is 2. The molecule has 2 atom stereocenters. The van der Waals surface area contributed by atoms with Crippen molar-refractivity contribution in [2.24, 2.45) is 0 Å². The maximum atomic E-state index is 13.4. The second-order valence-electron chi connectivity index (χ2n) is 4.23. The molecule has 0 aromatic heterocycles. The largest absolute Gasteiger partial charge is 0.391 e. The Morgan fingerprint density at radius 3 is 2.87 bits per heavy atom. The summed E-state index contributed by atoms with van der Waals surface area (Å²) in [7, 11) is 0. The van der Waals surface area contributed by atoms with Crippen molar-refractivity contribution in [3.8, 4) is 0 Å². The van der Waals surface area contributed by atoms with Crippen LogP contribution in [0.4, 0.5) is 10.1 Å². The second kappa shape index (κ2) is 4.19. The van der Waals surface area contributed by atoms with E-state index < -0.39 is 0 Å². The molecule has 0 unspecified atom stereocenters. The van der Waals surface area contributed by atoms with Crippen molar-refractivity contribution in [2.75, 3.05) is 5.32 Å². The standard InChI is InChI=1S/C12H16FNO/c1-8-5-6-9(13)11(7-8)14-10-3-2-4-12(10)15/h5-7,10,12,14-15H,2-4H2,1H3/t10-,12-/m0/s1. The van der Waals surface area contributed by atoms with Gasteiger partial charge in [-0.15, -0.1) is 0 Å². The summed E-state index contributed by atoms with van der Waals surface area (Å²) in [6, 6.07) is 4.98. The van der Waals surface area contributed by atoms with Gasteiger partial charge in [0.25, 0.3) is 0 Å². The molecule has 0 heterocycles. The van der Waals surface area contributed by atoms with Gasteiger partial charge in [0.2, 0.25) is 0 Å². The molecule has 82 valence electrons. The zero-order valence-corrected chi connectivity index (χ0v) is 8.83. The fourth-order valence-electron chi connectivity index (χ4n) is 2.06. The first kappa shape index (κ1) is 10.4. The van der Waals surface area contributed by atoms with Crippen LogP contribution >= 0.6 is 0 Å². The highest BCUT2D eigenvalue weighted by molar-refractivity contribution is 5.48. The third-order valence-corrected chi connectivity index (χ3v) is 2.94. The third kappa shape index (κ3) is 2.29. The fraction of sp³-hybridized carbons (Fsp3) is 0.500. The lowest BCUT2D eigenvalue weighted by Gasteiger charge is -2.18. The number of aryl methyl sites for hydroxylation is 1. The van der Waals surface area contributed by atoms with E-state index in [0.29, 0.717) is 5.69 Å². The van der Waals surface area contributed by atoms with E-state index in [0.717, 1.165) is 24.8 Å². The van der Waals surface area contributed by atoms with Crippen LogP contribution in [-0.4, -0.2) is 17.3 Å². The Morgan fingerprint density at radius 2 is 2.20 bits per heavy atom. The number of rotatable bonds is 2. The monoisotopic (exact) mass is 209 g/mol. The van der Waals surface area contributed by atoms with E-state index >= 15 is 0 Å². The lowest BCUT2D eigenvalue weighted by molar-refractivity contribution is 0.171. The fourth-order valence-corrected chi connectivity index (χ4v) is 2.06. The van der Waals surface area contributed by atoms with Gasteiger partial charge in [0.1, 0.15) is 5.82 Å². The predicted octanol–water partition coefficient (Wildman–Crippen LogP) is 2.46. The van der Waals surface area contributed by atoms with Gasteiger partial charge in [-0.25, -0.2) is 4.39 Å². The maximum absolute atomic E-state index is 13.4. The number of hydrogen-bond acceptors (Lipinski definition) is 2. The smallest absolute Gasteiger partial charge is 0.146 e. The highest BCUT2D eigenvalue weighted by atomic mass is 19.1. The van der Waals surface area contributed by atoms with Gasteiger partial charge in [-0.2, -0.15) is 0 Å². The summed E-state index contributed by atoms with van der Waals surface area (Å²) in [4.78, 5) is 0. The first-order chi connectivity index (χ1) is 7.16. The number of anilines is 1. The van der Waals surface area contributed by atoms with E-state index in [-0.39, 0.29) is 18.0 Å². The molecule has 2 nitrogen and oxygen atoms in total. The van der Waals surface area contributed by atoms with Crippen LogP contribution in [0.2, 0.25) is 0 Å². The van der Waals surface area contributed by atoms with E-state index in [2.05, 4.69) is 5.32 Å². The summed E-state index contributed by atoms with van der Waals surface area (Å²) in [5.74, 6) is -0.250. The van der Waals surface area contributed by atoms with E-state index in [4.69, 9.17) is 0 Å². The van der Waals surface area contributed by atoms with Crippen LogP contribution in [0.1, 0.15) is 24.8 Å². The molecule has 3 heteroatoms. The van der Waals surface area contributed by atoms with Crippen LogP contribution in [0.3, 0.4) is 0 Å². The molecule has 1 aliphatic carbocycles. The molecule has 1 aromatic rings. The lowest BCUT2D eigenvalue weighted by Crippen LogP contribution is -2.28. The van der Waals surface area contributed by atoms with Gasteiger partial charge in [0.15, 0.2) is 0 Å². The van der Waals surface area contributed by atoms with Gasteiger partial charge in [-0.1, -0.05) is 6.07 Å². The van der Waals surface area contributed by atoms with Gasteiger partial charge >= 0.3 is 0 Å². The van der Waals surface area contributed by atoms with Crippen molar-refractivity contribution in [1.29, 1.82) is 0 Å². The Kier molecular flexibility index (Phi) is 2.91. The average molecular weight is 209 g/mol.